The van der Waals surface area contributed by atoms with E-state index in [0.717, 1.165) is 11.1 Å². The smallest absolute Gasteiger partial charge is 0.303 e. The third-order valence-corrected chi connectivity index (χ3v) is 4.15. The van der Waals surface area contributed by atoms with E-state index in [1.807, 2.05) is 60.7 Å². The first kappa shape index (κ1) is 19.2. The lowest BCUT2D eigenvalue weighted by Crippen LogP contribution is -2.35. The molecule has 1 heterocycles. The van der Waals surface area contributed by atoms with E-state index in [-0.39, 0.29) is 18.9 Å². The molecule has 0 saturated heterocycles. The number of nitrogens with zero attached hydrogens (tertiary/aromatic N) is 5. The van der Waals surface area contributed by atoms with Gasteiger partial charge in [-0.3, -0.25) is 9.59 Å². The molecule has 0 aliphatic rings. The van der Waals surface area contributed by atoms with Crippen LogP contribution >= 0.6 is 0 Å². The predicted octanol–water partition coefficient (Wildman–Crippen LogP) is 2.23. The van der Waals surface area contributed by atoms with Crippen molar-refractivity contribution in [3.05, 3.63) is 66.2 Å². The number of amides is 1. The highest BCUT2D eigenvalue weighted by Gasteiger charge is 2.17. The maximum atomic E-state index is 12.8. The molecule has 144 valence electrons. The molecule has 0 atom stereocenters. The van der Waals surface area contributed by atoms with Gasteiger partial charge in [0.1, 0.15) is 6.54 Å². The quantitative estimate of drug-likeness (QED) is 0.612. The van der Waals surface area contributed by atoms with Crippen molar-refractivity contribution in [2.75, 3.05) is 6.54 Å². The Bertz CT molecular complexity index is 912. The van der Waals surface area contributed by atoms with Crippen LogP contribution < -0.4 is 0 Å². The van der Waals surface area contributed by atoms with Crippen LogP contribution in [0.15, 0.2) is 60.7 Å². The molecule has 3 rings (SSSR count). The van der Waals surface area contributed by atoms with Crippen LogP contribution in [0.3, 0.4) is 0 Å². The number of benzene rings is 2. The summed E-state index contributed by atoms with van der Waals surface area (Å²) in [5.74, 6) is -0.613. The number of carboxylic acids is 1. The van der Waals surface area contributed by atoms with E-state index in [0.29, 0.717) is 25.3 Å². The molecular formula is C20H21N5O3. The topological polar surface area (TPSA) is 101 Å². The molecule has 0 unspecified atom stereocenters. The second-order valence-electron chi connectivity index (χ2n) is 6.31. The third-order valence-electron chi connectivity index (χ3n) is 4.15. The van der Waals surface area contributed by atoms with E-state index in [9.17, 15) is 9.59 Å². The Morgan fingerprint density at radius 2 is 1.68 bits per heavy atom. The number of tetrazole rings is 1. The monoisotopic (exact) mass is 379 g/mol. The van der Waals surface area contributed by atoms with Gasteiger partial charge in [-0.25, -0.2) is 0 Å². The largest absolute Gasteiger partial charge is 0.481 e. The van der Waals surface area contributed by atoms with E-state index >= 15 is 0 Å². The number of rotatable bonds is 9. The minimum absolute atomic E-state index is 0.0122. The second kappa shape index (κ2) is 9.40. The molecule has 0 saturated carbocycles. The zero-order valence-corrected chi connectivity index (χ0v) is 15.3. The van der Waals surface area contributed by atoms with Crippen molar-refractivity contribution in [1.29, 1.82) is 0 Å². The summed E-state index contributed by atoms with van der Waals surface area (Å²) in [6.07, 6.45) is 0.395. The van der Waals surface area contributed by atoms with Crippen LogP contribution in [0.4, 0.5) is 0 Å². The average Bonchev–Trinajstić information content (AvgIpc) is 3.17. The summed E-state index contributed by atoms with van der Waals surface area (Å²) in [5, 5.41) is 21.1. The van der Waals surface area contributed by atoms with Crippen LogP contribution in [0.1, 0.15) is 18.4 Å². The van der Waals surface area contributed by atoms with Gasteiger partial charge in [-0.05, 0) is 17.2 Å². The number of aromatic nitrogens is 4. The zero-order valence-electron chi connectivity index (χ0n) is 15.3. The molecule has 1 amide bonds. The molecule has 0 fully saturated rings. The van der Waals surface area contributed by atoms with E-state index in [2.05, 4.69) is 15.4 Å². The lowest BCUT2D eigenvalue weighted by atomic mass is 10.2. The van der Waals surface area contributed by atoms with Crippen LogP contribution in [0.25, 0.3) is 11.4 Å². The number of hydrogen-bond donors (Lipinski definition) is 1. The molecular weight excluding hydrogens is 358 g/mol. The van der Waals surface area contributed by atoms with E-state index < -0.39 is 5.97 Å². The Labute approximate surface area is 162 Å². The number of carbonyl (C=O) groups excluding carboxylic acids is 1. The Kier molecular flexibility index (Phi) is 6.46. The van der Waals surface area contributed by atoms with Gasteiger partial charge < -0.3 is 10.0 Å². The van der Waals surface area contributed by atoms with E-state index in [4.69, 9.17) is 5.11 Å². The van der Waals surface area contributed by atoms with Gasteiger partial charge in [0.2, 0.25) is 11.7 Å². The number of carbonyl (C=O) groups is 2. The molecule has 28 heavy (non-hydrogen) atoms. The van der Waals surface area contributed by atoms with Crippen molar-refractivity contribution in [1.82, 2.24) is 25.1 Å². The first-order valence-electron chi connectivity index (χ1n) is 8.98. The summed E-state index contributed by atoms with van der Waals surface area (Å²) in [6.45, 7) is 0.694. The normalized spacial score (nSPS) is 10.6. The Morgan fingerprint density at radius 3 is 2.36 bits per heavy atom. The molecule has 0 bridgehead atoms. The molecule has 8 heteroatoms. The Balaban J connectivity index is 1.68. The first-order valence-corrected chi connectivity index (χ1v) is 8.98. The van der Waals surface area contributed by atoms with Gasteiger partial charge in [0.05, 0.1) is 0 Å². The van der Waals surface area contributed by atoms with Crippen LogP contribution in [0.5, 0.6) is 0 Å². The van der Waals surface area contributed by atoms with E-state index in [1.54, 1.807) is 4.90 Å². The molecule has 0 radical (unpaired) electrons. The lowest BCUT2D eigenvalue weighted by Gasteiger charge is -2.22. The molecule has 2 aromatic carbocycles. The van der Waals surface area contributed by atoms with Gasteiger partial charge in [-0.1, -0.05) is 60.7 Å². The predicted molar refractivity (Wildman–Crippen MR) is 102 cm³/mol. The average molecular weight is 379 g/mol. The summed E-state index contributed by atoms with van der Waals surface area (Å²) in [6, 6.07) is 19.0. The number of hydrogen-bond acceptors (Lipinski definition) is 5. The third kappa shape index (κ3) is 5.47. The van der Waals surface area contributed by atoms with E-state index in [1.165, 1.54) is 4.80 Å². The molecule has 0 aliphatic carbocycles. The van der Waals surface area contributed by atoms with Gasteiger partial charge in [-0.15, -0.1) is 10.2 Å². The van der Waals surface area contributed by atoms with Crippen molar-refractivity contribution in [3.8, 4) is 11.4 Å². The van der Waals surface area contributed by atoms with Gasteiger partial charge in [0.25, 0.3) is 0 Å². The molecule has 0 spiro atoms. The van der Waals surface area contributed by atoms with Crippen molar-refractivity contribution >= 4 is 11.9 Å². The standard InChI is InChI=1S/C20H21N5O3/c26-18(15-25-22-20(21-23-25)17-10-5-2-6-11-17)24(13-7-12-19(27)28)14-16-8-3-1-4-9-16/h1-6,8-11H,7,12-15H2,(H,27,28). The fraction of sp³-hybridized carbons (Fsp3) is 0.250. The Hall–Kier alpha value is -3.55. The van der Waals surface area contributed by atoms with Crippen LogP contribution in [-0.4, -0.2) is 48.6 Å². The lowest BCUT2D eigenvalue weighted by molar-refractivity contribution is -0.138. The van der Waals surface area contributed by atoms with Crippen molar-refractivity contribution in [2.24, 2.45) is 0 Å². The van der Waals surface area contributed by atoms with Crippen LogP contribution in [-0.2, 0) is 22.7 Å². The molecule has 0 aliphatic heterocycles. The Morgan fingerprint density at radius 1 is 1.00 bits per heavy atom. The second-order valence-corrected chi connectivity index (χ2v) is 6.31. The van der Waals surface area contributed by atoms with Crippen molar-refractivity contribution in [2.45, 2.75) is 25.9 Å². The maximum absolute atomic E-state index is 12.8. The maximum Gasteiger partial charge on any atom is 0.303 e. The highest BCUT2D eigenvalue weighted by Crippen LogP contribution is 2.12. The SMILES string of the molecule is O=C(O)CCCN(Cc1ccccc1)C(=O)Cn1nnc(-c2ccccc2)n1. The van der Waals surface area contributed by atoms with Gasteiger partial charge in [-0.2, -0.15) is 4.80 Å². The number of aliphatic carboxylic acids is 1. The van der Waals surface area contributed by atoms with Crippen LogP contribution in [0.2, 0.25) is 0 Å². The van der Waals surface area contributed by atoms with Crippen molar-refractivity contribution in [3.63, 3.8) is 0 Å². The molecule has 1 aromatic heterocycles. The minimum atomic E-state index is -0.877. The summed E-state index contributed by atoms with van der Waals surface area (Å²) >= 11 is 0. The fourth-order valence-electron chi connectivity index (χ4n) is 2.75. The summed E-state index contributed by atoms with van der Waals surface area (Å²) in [4.78, 5) is 26.5. The summed E-state index contributed by atoms with van der Waals surface area (Å²) < 4.78 is 0. The molecule has 3 aromatic rings. The molecule has 1 N–H and O–H groups in total. The van der Waals surface area contributed by atoms with Gasteiger partial charge in [0.15, 0.2) is 0 Å². The first-order chi connectivity index (χ1) is 13.6. The van der Waals surface area contributed by atoms with Gasteiger partial charge >= 0.3 is 5.97 Å². The summed E-state index contributed by atoms with van der Waals surface area (Å²) in [7, 11) is 0. The molecule has 8 nitrogen and oxygen atoms in total. The van der Waals surface area contributed by atoms with Crippen LogP contribution in [0, 0.1) is 0 Å². The highest BCUT2D eigenvalue weighted by atomic mass is 16.4. The zero-order chi connectivity index (χ0) is 19.8. The summed E-state index contributed by atoms with van der Waals surface area (Å²) in [5.41, 5.74) is 1.80. The minimum Gasteiger partial charge on any atom is -0.481 e. The fourth-order valence-corrected chi connectivity index (χ4v) is 2.75. The number of carboxylic acid groups (broad SMARTS) is 1. The van der Waals surface area contributed by atoms with Gasteiger partial charge in [0, 0.05) is 25.1 Å². The van der Waals surface area contributed by atoms with Crippen molar-refractivity contribution < 1.29 is 14.7 Å². The highest BCUT2D eigenvalue weighted by molar-refractivity contribution is 5.76.